The summed E-state index contributed by atoms with van der Waals surface area (Å²) in [7, 11) is 0. The Balaban J connectivity index is 0.00000158. The maximum Gasteiger partial charge on any atom is 0.329 e. The first-order valence-corrected chi connectivity index (χ1v) is 11.0. The number of fused-ring (bicyclic) bond motifs is 2. The van der Waals surface area contributed by atoms with Crippen molar-refractivity contribution in [2.24, 2.45) is 0 Å². The zero-order valence-corrected chi connectivity index (χ0v) is 19.4. The monoisotopic (exact) mass is 472 g/mol. The van der Waals surface area contributed by atoms with Crippen LogP contribution in [0.5, 0.6) is 0 Å². The molecular weight excluding hydrogens is 446 g/mol. The molecule has 0 bridgehead atoms. The first-order valence-electron chi connectivity index (χ1n) is 11.0. The van der Waals surface area contributed by atoms with Crippen LogP contribution < -0.4 is 10.2 Å². The number of halogens is 2. The first-order chi connectivity index (χ1) is 16.2. The summed E-state index contributed by atoms with van der Waals surface area (Å²) >= 11 is 0. The summed E-state index contributed by atoms with van der Waals surface area (Å²) < 4.78 is 33.4. The average Bonchev–Trinajstić information content (AvgIpc) is 3.52. The van der Waals surface area contributed by atoms with E-state index < -0.39 is 23.6 Å². The van der Waals surface area contributed by atoms with E-state index in [1.54, 1.807) is 30.2 Å². The molecule has 34 heavy (non-hydrogen) atoms. The molecule has 11 heteroatoms. The molecule has 2 aromatic heterocycles. The maximum atomic E-state index is 14.2. The van der Waals surface area contributed by atoms with E-state index in [1.807, 2.05) is 13.8 Å². The smallest absolute Gasteiger partial charge is 0.329 e. The van der Waals surface area contributed by atoms with E-state index in [-0.39, 0.29) is 23.5 Å². The van der Waals surface area contributed by atoms with E-state index in [2.05, 4.69) is 20.3 Å². The zero-order valence-electron chi connectivity index (χ0n) is 19.4. The van der Waals surface area contributed by atoms with Gasteiger partial charge in [0.05, 0.1) is 24.1 Å². The summed E-state index contributed by atoms with van der Waals surface area (Å²) in [5.41, 5.74) is 1.27. The van der Waals surface area contributed by atoms with Crippen molar-refractivity contribution in [2.75, 3.05) is 23.4 Å². The fourth-order valence-electron chi connectivity index (χ4n) is 3.87. The molecule has 1 aliphatic heterocycles. The molecule has 1 amide bonds. The number of hydrogen-bond donors (Lipinski definition) is 1. The molecule has 3 heterocycles. The number of nitrogens with zero attached hydrogens (tertiary/aromatic N) is 5. The molecule has 1 spiro atoms. The number of anilines is 3. The highest BCUT2D eigenvalue weighted by Crippen LogP contribution is 2.58. The third kappa shape index (κ3) is 4.66. The van der Waals surface area contributed by atoms with E-state index in [9.17, 15) is 23.6 Å². The van der Waals surface area contributed by atoms with Crippen LogP contribution in [0.2, 0.25) is 0 Å². The number of amides is 1. The normalized spacial score (nSPS) is 16.0. The Bertz CT molecular complexity index is 1120. The Morgan fingerprint density at radius 1 is 1.38 bits per heavy atom. The fourth-order valence-corrected chi connectivity index (χ4v) is 3.87. The highest BCUT2D eigenvalue weighted by molar-refractivity contribution is 5.82. The number of nitrogens with one attached hydrogen (secondary N) is 1. The predicted octanol–water partition coefficient (Wildman–Crippen LogP) is 3.93. The van der Waals surface area contributed by atoms with E-state index in [4.69, 9.17) is 4.74 Å². The second kappa shape index (κ2) is 9.67. The molecule has 1 saturated carbocycles. The molecule has 4 rings (SSSR count). The Labute approximate surface area is 196 Å². The van der Waals surface area contributed by atoms with Gasteiger partial charge in [0, 0.05) is 42.8 Å². The summed E-state index contributed by atoms with van der Waals surface area (Å²) in [4.78, 5) is 37.0. The van der Waals surface area contributed by atoms with Gasteiger partial charge in [-0.15, -0.1) is 0 Å². The summed E-state index contributed by atoms with van der Waals surface area (Å²) in [6.45, 7) is 6.74. The summed E-state index contributed by atoms with van der Waals surface area (Å²) in [6.07, 6.45) is 3.96. The van der Waals surface area contributed by atoms with Gasteiger partial charge in [-0.2, -0.15) is 14.0 Å². The van der Waals surface area contributed by atoms with Crippen molar-refractivity contribution < 1.29 is 23.1 Å². The van der Waals surface area contributed by atoms with Gasteiger partial charge in [-0.3, -0.25) is 9.59 Å². The van der Waals surface area contributed by atoms with Crippen LogP contribution in [0.4, 0.5) is 26.1 Å². The van der Waals surface area contributed by atoms with Gasteiger partial charge in [-0.05, 0) is 19.8 Å². The maximum absolute atomic E-state index is 14.2. The Morgan fingerprint density at radius 2 is 2.09 bits per heavy atom. The molecule has 2 aliphatic rings. The third-order valence-electron chi connectivity index (χ3n) is 5.61. The number of rotatable bonds is 7. The first kappa shape index (κ1) is 25.0. The third-order valence-corrected chi connectivity index (χ3v) is 5.61. The van der Waals surface area contributed by atoms with Crippen molar-refractivity contribution >= 4 is 29.7 Å². The van der Waals surface area contributed by atoms with Crippen molar-refractivity contribution in [3.8, 4) is 6.07 Å². The van der Waals surface area contributed by atoms with Crippen LogP contribution in [0.1, 0.15) is 63.5 Å². The number of nitriles is 1. The fraction of sp³-hybridized carbons (Fsp3) is 0.478. The number of aromatic nitrogens is 3. The summed E-state index contributed by atoms with van der Waals surface area (Å²) in [5, 5.41) is 12.0. The van der Waals surface area contributed by atoms with Crippen molar-refractivity contribution in [1.82, 2.24) is 15.0 Å². The molecule has 1 atom stereocenters. The number of esters is 1. The molecule has 2 aromatic rings. The lowest BCUT2D eigenvalue weighted by molar-refractivity contribution is -0.143. The summed E-state index contributed by atoms with van der Waals surface area (Å²) in [5.74, 6) is -6.11. The van der Waals surface area contributed by atoms with Gasteiger partial charge < -0.3 is 15.0 Å². The van der Waals surface area contributed by atoms with Gasteiger partial charge in [0.2, 0.25) is 12.2 Å². The molecule has 180 valence electrons. The van der Waals surface area contributed by atoms with Crippen LogP contribution in [0.3, 0.4) is 0 Å². The average molecular weight is 472 g/mol. The van der Waals surface area contributed by atoms with Crippen molar-refractivity contribution in [3.05, 3.63) is 35.4 Å². The molecular formula is C23H26F2N6O3. The number of hydrogen-bond acceptors (Lipinski definition) is 8. The standard InChI is InChI=1S/C21H20F2N6O3.C2H6/c1-3-32-18(31)12(8-24)14-6-17(28-19(27-14)20(2,22)23)29-10-21(4-5-21)13-9-25-16(26-11-30)7-15(13)29;1-2/h6-7,9,11-12H,3-5,10H2,1-2H3,(H,25,26,30);1-2H3. The lowest BCUT2D eigenvalue weighted by atomic mass is 10.0. The van der Waals surface area contributed by atoms with Crippen LogP contribution >= 0.6 is 0 Å². The van der Waals surface area contributed by atoms with Crippen LogP contribution in [0, 0.1) is 11.3 Å². The lowest BCUT2D eigenvalue weighted by Crippen LogP contribution is -2.25. The Kier molecular flexibility index (Phi) is 7.09. The van der Waals surface area contributed by atoms with E-state index in [0.29, 0.717) is 31.4 Å². The SMILES string of the molecule is CC.CCOC(=O)C(C#N)c1cc(N2CC3(CC3)c3cnc(NC=O)cc32)nc(C(C)(F)F)n1. The lowest BCUT2D eigenvalue weighted by Gasteiger charge is -2.22. The van der Waals surface area contributed by atoms with Crippen molar-refractivity contribution in [2.45, 2.75) is 57.8 Å². The van der Waals surface area contributed by atoms with Gasteiger partial charge >= 0.3 is 11.9 Å². The highest BCUT2D eigenvalue weighted by Gasteiger charge is 2.53. The number of ether oxygens (including phenoxy) is 1. The number of pyridine rings is 1. The van der Waals surface area contributed by atoms with Crippen molar-refractivity contribution in [1.29, 1.82) is 5.26 Å². The van der Waals surface area contributed by atoms with Gasteiger partial charge in [-0.1, -0.05) is 13.8 Å². The van der Waals surface area contributed by atoms with Crippen molar-refractivity contribution in [3.63, 3.8) is 0 Å². The molecule has 1 aliphatic carbocycles. The van der Waals surface area contributed by atoms with Crippen LogP contribution in [-0.2, 0) is 25.7 Å². The quantitative estimate of drug-likeness (QED) is 0.475. The Morgan fingerprint density at radius 3 is 2.65 bits per heavy atom. The second-order valence-corrected chi connectivity index (χ2v) is 7.89. The number of alkyl halides is 2. The zero-order chi connectivity index (χ0) is 25.1. The van der Waals surface area contributed by atoms with Gasteiger partial charge in [0.15, 0.2) is 5.92 Å². The molecule has 1 unspecified atom stereocenters. The largest absolute Gasteiger partial charge is 0.465 e. The van der Waals surface area contributed by atoms with Crippen LogP contribution in [0.15, 0.2) is 18.3 Å². The van der Waals surface area contributed by atoms with Crippen LogP contribution in [-0.4, -0.2) is 40.5 Å². The molecule has 1 fully saturated rings. The van der Waals surface area contributed by atoms with Gasteiger partial charge in [-0.25, -0.2) is 15.0 Å². The second-order valence-electron chi connectivity index (χ2n) is 7.89. The van der Waals surface area contributed by atoms with E-state index in [1.165, 1.54) is 6.07 Å². The minimum atomic E-state index is -3.40. The molecule has 1 N–H and O–H groups in total. The van der Waals surface area contributed by atoms with Crippen LogP contribution in [0.25, 0.3) is 0 Å². The molecule has 0 saturated heterocycles. The van der Waals surface area contributed by atoms with E-state index >= 15 is 0 Å². The minimum absolute atomic E-state index is 0.0350. The molecule has 9 nitrogen and oxygen atoms in total. The summed E-state index contributed by atoms with van der Waals surface area (Å²) in [6, 6.07) is 4.79. The number of carbonyl (C=O) groups excluding carboxylic acids is 2. The number of carbonyl (C=O) groups is 2. The van der Waals surface area contributed by atoms with E-state index in [0.717, 1.165) is 18.4 Å². The highest BCUT2D eigenvalue weighted by atomic mass is 19.3. The minimum Gasteiger partial charge on any atom is -0.465 e. The van der Waals surface area contributed by atoms with Gasteiger partial charge in [0.25, 0.3) is 0 Å². The Hall–Kier alpha value is -3.68. The van der Waals surface area contributed by atoms with Gasteiger partial charge in [0.1, 0.15) is 11.6 Å². The molecule has 0 aromatic carbocycles. The predicted molar refractivity (Wildman–Crippen MR) is 120 cm³/mol. The molecule has 0 radical (unpaired) electrons. The topological polar surface area (TPSA) is 121 Å².